The van der Waals surface area contributed by atoms with E-state index >= 15 is 0 Å². The van der Waals surface area contributed by atoms with Crippen LogP contribution < -0.4 is 10.6 Å². The molecule has 5 unspecified atom stereocenters. The lowest BCUT2D eigenvalue weighted by molar-refractivity contribution is -0.145. The van der Waals surface area contributed by atoms with Crippen LogP contribution in [0.3, 0.4) is 0 Å². The smallest absolute Gasteiger partial charge is 0.328 e. The Balaban J connectivity index is 2.89. The molecule has 1 aromatic rings. The first-order valence-electron chi connectivity index (χ1n) is 11.2. The van der Waals surface area contributed by atoms with Crippen LogP contribution in [-0.2, 0) is 30.3 Å². The van der Waals surface area contributed by atoms with Crippen molar-refractivity contribution in [3.05, 3.63) is 59.7 Å². The first-order chi connectivity index (χ1) is 15.6. The van der Waals surface area contributed by atoms with Crippen LogP contribution in [0.2, 0.25) is 0 Å². The zero-order valence-corrected chi connectivity index (χ0v) is 20.8. The number of rotatable bonds is 12. The summed E-state index contributed by atoms with van der Waals surface area (Å²) in [4.78, 5) is 35.9. The highest BCUT2D eigenvalue weighted by atomic mass is 16.5. The third-order valence-electron chi connectivity index (χ3n) is 5.50. The second-order valence-electron chi connectivity index (χ2n) is 8.36. The molecule has 7 nitrogen and oxygen atoms in total. The number of hydrogen-bond donors (Lipinski definition) is 2. The molecule has 1 aromatic carbocycles. The standard InChI is InChI=1S/C26H38N2O5/c1-17(15-18(2)24(32-6)16-22-11-9-8-10-12-22)13-14-23(28-21(5)29)19(3)25(30)27-20(4)26(31)33-7/h8-15,18-20,23-24H,16H2,1-7H3,(H,27,30)(H,28,29)/b14-13+,17-15+. The van der Waals surface area contributed by atoms with E-state index in [9.17, 15) is 14.4 Å². The Morgan fingerprint density at radius 2 is 1.64 bits per heavy atom. The van der Waals surface area contributed by atoms with Gasteiger partial charge in [0.25, 0.3) is 0 Å². The van der Waals surface area contributed by atoms with Crippen molar-refractivity contribution < 1.29 is 23.9 Å². The Hall–Kier alpha value is -2.93. The topological polar surface area (TPSA) is 93.7 Å². The highest BCUT2D eigenvalue weighted by Crippen LogP contribution is 2.17. The van der Waals surface area contributed by atoms with Crippen molar-refractivity contribution >= 4 is 17.8 Å². The van der Waals surface area contributed by atoms with Crippen molar-refractivity contribution in [3.8, 4) is 0 Å². The van der Waals surface area contributed by atoms with Gasteiger partial charge in [0, 0.05) is 20.0 Å². The molecule has 0 bridgehead atoms. The van der Waals surface area contributed by atoms with Crippen LogP contribution in [0.15, 0.2) is 54.1 Å². The van der Waals surface area contributed by atoms with Crippen LogP contribution in [0.1, 0.15) is 40.2 Å². The highest BCUT2D eigenvalue weighted by molar-refractivity contribution is 5.86. The Kier molecular flexibility index (Phi) is 12.1. The molecule has 0 spiro atoms. The molecule has 0 heterocycles. The van der Waals surface area contributed by atoms with Crippen molar-refractivity contribution in [2.75, 3.05) is 14.2 Å². The van der Waals surface area contributed by atoms with Crippen molar-refractivity contribution in [1.29, 1.82) is 0 Å². The third-order valence-corrected chi connectivity index (χ3v) is 5.50. The SMILES string of the molecule is COC(=O)C(C)NC(=O)C(C)C(/C=C/C(C)=C/C(C)C(Cc1ccccc1)OC)NC(C)=O. The van der Waals surface area contributed by atoms with E-state index in [1.165, 1.54) is 19.6 Å². The molecule has 1 rings (SSSR count). The van der Waals surface area contributed by atoms with Gasteiger partial charge in [-0.15, -0.1) is 0 Å². The van der Waals surface area contributed by atoms with Gasteiger partial charge < -0.3 is 20.1 Å². The van der Waals surface area contributed by atoms with Crippen molar-refractivity contribution in [3.63, 3.8) is 0 Å². The van der Waals surface area contributed by atoms with Crippen molar-refractivity contribution in [2.24, 2.45) is 11.8 Å². The summed E-state index contributed by atoms with van der Waals surface area (Å²) in [5.74, 6) is -1.57. The molecule has 33 heavy (non-hydrogen) atoms. The average molecular weight is 459 g/mol. The maximum atomic E-state index is 12.6. The van der Waals surface area contributed by atoms with Gasteiger partial charge in [-0.1, -0.05) is 68.0 Å². The van der Waals surface area contributed by atoms with Crippen LogP contribution in [-0.4, -0.2) is 50.2 Å². The summed E-state index contributed by atoms with van der Waals surface area (Å²) in [5.41, 5.74) is 2.20. The minimum Gasteiger partial charge on any atom is -0.467 e. The molecule has 0 aliphatic rings. The Morgan fingerprint density at radius 1 is 1.00 bits per heavy atom. The predicted octanol–water partition coefficient (Wildman–Crippen LogP) is 3.20. The summed E-state index contributed by atoms with van der Waals surface area (Å²) in [7, 11) is 2.98. The van der Waals surface area contributed by atoms with Gasteiger partial charge in [-0.3, -0.25) is 9.59 Å². The lowest BCUT2D eigenvalue weighted by Crippen LogP contribution is -2.48. The molecule has 7 heteroatoms. The maximum absolute atomic E-state index is 12.6. The van der Waals surface area contributed by atoms with E-state index in [1.54, 1.807) is 27.0 Å². The van der Waals surface area contributed by atoms with Gasteiger partial charge in [-0.2, -0.15) is 0 Å². The molecule has 0 radical (unpaired) electrons. The van der Waals surface area contributed by atoms with Crippen LogP contribution in [0.5, 0.6) is 0 Å². The van der Waals surface area contributed by atoms with Gasteiger partial charge in [-0.05, 0) is 25.8 Å². The number of allylic oxidation sites excluding steroid dienone is 2. The van der Waals surface area contributed by atoms with E-state index in [1.807, 2.05) is 31.2 Å². The largest absolute Gasteiger partial charge is 0.467 e. The minimum atomic E-state index is -0.773. The van der Waals surface area contributed by atoms with E-state index in [2.05, 4.69) is 40.5 Å². The number of hydrogen-bond acceptors (Lipinski definition) is 5. The van der Waals surface area contributed by atoms with E-state index in [0.29, 0.717) is 0 Å². The number of carbonyl (C=O) groups is 3. The van der Waals surface area contributed by atoms with Crippen LogP contribution >= 0.6 is 0 Å². The average Bonchev–Trinajstić information content (AvgIpc) is 2.79. The first-order valence-corrected chi connectivity index (χ1v) is 11.2. The predicted molar refractivity (Wildman–Crippen MR) is 129 cm³/mol. The minimum absolute atomic E-state index is 0.0198. The molecule has 0 saturated heterocycles. The van der Waals surface area contributed by atoms with Crippen molar-refractivity contribution in [2.45, 2.75) is 59.2 Å². The van der Waals surface area contributed by atoms with Gasteiger partial charge in [-0.25, -0.2) is 4.79 Å². The normalized spacial score (nSPS) is 16.4. The summed E-state index contributed by atoms with van der Waals surface area (Å²) in [6.07, 6.45) is 6.62. The van der Waals surface area contributed by atoms with Gasteiger partial charge in [0.1, 0.15) is 6.04 Å². The Morgan fingerprint density at radius 3 is 2.18 bits per heavy atom. The number of benzene rings is 1. The number of methoxy groups -OCH3 is 2. The summed E-state index contributed by atoms with van der Waals surface area (Å²) in [5, 5.41) is 5.42. The zero-order chi connectivity index (χ0) is 25.0. The number of carbonyl (C=O) groups excluding carboxylic acids is 3. The quantitative estimate of drug-likeness (QED) is 0.371. The van der Waals surface area contributed by atoms with Crippen molar-refractivity contribution in [1.82, 2.24) is 10.6 Å². The lowest BCUT2D eigenvalue weighted by atomic mass is 9.94. The maximum Gasteiger partial charge on any atom is 0.328 e. The second kappa shape index (κ2) is 14.3. The van der Waals surface area contributed by atoms with E-state index in [-0.39, 0.29) is 23.8 Å². The van der Waals surface area contributed by atoms with Crippen LogP contribution in [0.4, 0.5) is 0 Å². The Labute approximate surface area is 197 Å². The molecule has 2 amide bonds. The summed E-state index contributed by atoms with van der Waals surface area (Å²) < 4.78 is 10.4. The molecule has 0 fully saturated rings. The van der Waals surface area contributed by atoms with E-state index < -0.39 is 24.0 Å². The summed E-state index contributed by atoms with van der Waals surface area (Å²) >= 11 is 0. The Bertz CT molecular complexity index is 834. The number of nitrogens with one attached hydrogen (secondary N) is 2. The molecule has 0 aliphatic heterocycles. The molecular formula is C26H38N2O5. The molecule has 0 aliphatic carbocycles. The van der Waals surface area contributed by atoms with E-state index in [4.69, 9.17) is 4.74 Å². The zero-order valence-electron chi connectivity index (χ0n) is 20.8. The highest BCUT2D eigenvalue weighted by Gasteiger charge is 2.26. The molecule has 0 saturated carbocycles. The number of esters is 1. The number of amides is 2. The number of ether oxygens (including phenoxy) is 2. The second-order valence-corrected chi connectivity index (χ2v) is 8.36. The van der Waals surface area contributed by atoms with E-state index in [0.717, 1.165) is 12.0 Å². The molecule has 0 aromatic heterocycles. The van der Waals surface area contributed by atoms with Gasteiger partial charge in [0.15, 0.2) is 0 Å². The third kappa shape index (κ3) is 10.0. The monoisotopic (exact) mass is 458 g/mol. The first kappa shape index (κ1) is 28.1. The van der Waals surface area contributed by atoms with Gasteiger partial charge >= 0.3 is 5.97 Å². The summed E-state index contributed by atoms with van der Waals surface area (Å²) in [6.45, 7) is 8.73. The molecular weight excluding hydrogens is 420 g/mol. The lowest BCUT2D eigenvalue weighted by Gasteiger charge is -2.23. The van der Waals surface area contributed by atoms with Crippen LogP contribution in [0, 0.1) is 11.8 Å². The van der Waals surface area contributed by atoms with Crippen LogP contribution in [0.25, 0.3) is 0 Å². The fourth-order valence-corrected chi connectivity index (χ4v) is 3.48. The molecule has 5 atom stereocenters. The molecule has 2 N–H and O–H groups in total. The van der Waals surface area contributed by atoms with Gasteiger partial charge in [0.05, 0.1) is 25.2 Å². The summed E-state index contributed by atoms with van der Waals surface area (Å²) in [6, 6.07) is 8.89. The fraction of sp³-hybridized carbons (Fsp3) is 0.500. The molecule has 182 valence electrons. The van der Waals surface area contributed by atoms with Gasteiger partial charge in [0.2, 0.25) is 11.8 Å². The fourth-order valence-electron chi connectivity index (χ4n) is 3.48.